The van der Waals surface area contributed by atoms with E-state index >= 15 is 0 Å². The Morgan fingerprint density at radius 1 is 0.730 bits per heavy atom. The number of para-hydroxylation sites is 2. The van der Waals surface area contributed by atoms with E-state index in [-0.39, 0.29) is 22.9 Å². The van der Waals surface area contributed by atoms with E-state index in [9.17, 15) is 10.1 Å². The largest absolute Gasteiger partial charge is 0.338 e. The second-order valence-corrected chi connectivity index (χ2v) is 17.5. The minimum absolute atomic E-state index is 0.0628. The molecule has 0 aliphatic rings. The van der Waals surface area contributed by atoms with Crippen LogP contribution in [0, 0.1) is 65.2 Å². The first-order valence-electron chi connectivity index (χ1n) is 20.0. The lowest BCUT2D eigenvalue weighted by Crippen LogP contribution is -2.15. The maximum absolute atomic E-state index is 11.8. The Morgan fingerprint density at radius 2 is 1.37 bits per heavy atom. The minimum atomic E-state index is -0.475. The van der Waals surface area contributed by atoms with Gasteiger partial charge >= 0.3 is 0 Å². The maximum atomic E-state index is 11.8. The van der Waals surface area contributed by atoms with E-state index in [2.05, 4.69) is 86.9 Å². The third-order valence-electron chi connectivity index (χ3n) is 10.6. The van der Waals surface area contributed by atoms with Crippen LogP contribution in [0.4, 0.5) is 51.0 Å². The summed E-state index contributed by atoms with van der Waals surface area (Å²) in [5.41, 5.74) is 11.7. The fraction of sp³-hybridized carbons (Fsp3) is 0.146. The number of azo groups is 1. The van der Waals surface area contributed by atoms with Gasteiger partial charge < -0.3 is 5.32 Å². The number of rotatable bonds is 10. The Labute approximate surface area is 371 Å². The van der Waals surface area contributed by atoms with Gasteiger partial charge in [0.25, 0.3) is 11.4 Å². The molecule has 4 aromatic heterocycles. The molecule has 0 fully saturated rings. The molecule has 9 aromatic rings. The van der Waals surface area contributed by atoms with Crippen LogP contribution < -0.4 is 10.2 Å². The number of nitro benzene ring substituents is 1. The SMILES string of the molecule is [C-]#[N+]c1c(-c2cccc([N+](=O)[O-])c2)nn(-c2nc3ccccc3s2)c1/N=N/c1c(C)cc(N(c2nc3ccccc3s2)c2c(C)cc(C)cc2C)nc1Nc1c(C)cc(C)cc1C. The van der Waals surface area contributed by atoms with Crippen molar-refractivity contribution in [1.29, 1.82) is 0 Å². The lowest BCUT2D eigenvalue weighted by atomic mass is 10.0. The molecule has 0 bridgehead atoms. The summed E-state index contributed by atoms with van der Waals surface area (Å²) in [5, 5.41) is 31.3. The van der Waals surface area contributed by atoms with Crippen LogP contribution in [0.2, 0.25) is 0 Å². The molecule has 0 aliphatic heterocycles. The van der Waals surface area contributed by atoms with Gasteiger partial charge in [-0.1, -0.05) is 94.5 Å². The van der Waals surface area contributed by atoms with Crippen LogP contribution in [0.1, 0.15) is 38.9 Å². The summed E-state index contributed by atoms with van der Waals surface area (Å²) in [6.45, 7) is 22.8. The third-order valence-corrected chi connectivity index (χ3v) is 12.7. The molecular formula is C48H39N11O2S2. The van der Waals surface area contributed by atoms with E-state index in [1.54, 1.807) is 23.5 Å². The fourth-order valence-electron chi connectivity index (χ4n) is 8.00. The highest BCUT2D eigenvalue weighted by Crippen LogP contribution is 2.47. The highest BCUT2D eigenvalue weighted by molar-refractivity contribution is 7.22. The Morgan fingerprint density at radius 3 is 2.00 bits per heavy atom. The Bertz CT molecular complexity index is 3260. The summed E-state index contributed by atoms with van der Waals surface area (Å²) in [4.78, 5) is 32.7. The van der Waals surface area contributed by atoms with Gasteiger partial charge in [0.2, 0.25) is 5.13 Å². The molecular weight excluding hydrogens is 827 g/mol. The van der Waals surface area contributed by atoms with Gasteiger partial charge in [-0.05, 0) is 112 Å². The number of non-ortho nitro benzene ring substituents is 1. The van der Waals surface area contributed by atoms with Gasteiger partial charge in [-0.2, -0.15) is 9.78 Å². The van der Waals surface area contributed by atoms with Crippen molar-refractivity contribution in [2.24, 2.45) is 10.2 Å². The van der Waals surface area contributed by atoms with Gasteiger partial charge in [0, 0.05) is 17.8 Å². The number of pyridine rings is 1. The van der Waals surface area contributed by atoms with Crippen LogP contribution in [0.5, 0.6) is 0 Å². The summed E-state index contributed by atoms with van der Waals surface area (Å²) < 4.78 is 3.46. The molecule has 9 rings (SSSR count). The van der Waals surface area contributed by atoms with Crippen LogP contribution in [-0.2, 0) is 0 Å². The highest BCUT2D eigenvalue weighted by atomic mass is 32.1. The average molecular weight is 866 g/mol. The summed E-state index contributed by atoms with van der Waals surface area (Å²) in [6.07, 6.45) is 0. The number of nitrogens with zero attached hydrogens (tertiary/aromatic N) is 10. The molecule has 0 amide bonds. The predicted octanol–water partition coefficient (Wildman–Crippen LogP) is 14.4. The summed E-state index contributed by atoms with van der Waals surface area (Å²) >= 11 is 2.97. The van der Waals surface area contributed by atoms with Gasteiger partial charge in [-0.15, -0.1) is 10.2 Å². The van der Waals surface area contributed by atoms with Crippen LogP contribution >= 0.6 is 22.7 Å². The number of nitrogens with one attached hydrogen (secondary N) is 1. The Balaban J connectivity index is 1.27. The van der Waals surface area contributed by atoms with Gasteiger partial charge in [-0.3, -0.25) is 15.0 Å². The zero-order valence-corrected chi connectivity index (χ0v) is 37.1. The molecule has 0 saturated heterocycles. The minimum Gasteiger partial charge on any atom is -0.338 e. The first-order valence-corrected chi connectivity index (χ1v) is 21.6. The predicted molar refractivity (Wildman–Crippen MR) is 254 cm³/mol. The smallest absolute Gasteiger partial charge is 0.270 e. The second kappa shape index (κ2) is 16.3. The Hall–Kier alpha value is -7.67. The van der Waals surface area contributed by atoms with Crippen molar-refractivity contribution in [3.05, 3.63) is 164 Å². The van der Waals surface area contributed by atoms with Crippen molar-refractivity contribution in [2.75, 3.05) is 10.2 Å². The first kappa shape index (κ1) is 40.7. The lowest BCUT2D eigenvalue weighted by Gasteiger charge is -2.27. The molecule has 0 saturated carbocycles. The molecule has 15 heteroatoms. The summed E-state index contributed by atoms with van der Waals surface area (Å²) in [7, 11) is 0. The van der Waals surface area contributed by atoms with Crippen molar-refractivity contribution >= 4 is 94.1 Å². The molecule has 5 aromatic carbocycles. The zero-order valence-electron chi connectivity index (χ0n) is 35.4. The average Bonchev–Trinajstić information content (AvgIpc) is 3.98. The molecule has 310 valence electrons. The first-order chi connectivity index (χ1) is 30.4. The fourth-order valence-corrected chi connectivity index (χ4v) is 9.90. The molecule has 63 heavy (non-hydrogen) atoms. The summed E-state index contributed by atoms with van der Waals surface area (Å²) in [6, 6.07) is 32.4. The third kappa shape index (κ3) is 7.66. The summed E-state index contributed by atoms with van der Waals surface area (Å²) in [5.74, 6) is 1.18. The molecule has 0 spiro atoms. The van der Waals surface area contributed by atoms with E-state index in [1.165, 1.54) is 28.2 Å². The monoisotopic (exact) mass is 865 g/mol. The quantitative estimate of drug-likeness (QED) is 0.0619. The van der Waals surface area contributed by atoms with E-state index in [1.807, 2.05) is 55.5 Å². The van der Waals surface area contributed by atoms with Crippen molar-refractivity contribution in [3.8, 4) is 16.4 Å². The number of benzene rings is 5. The molecule has 0 atom stereocenters. The molecule has 13 nitrogen and oxygen atoms in total. The van der Waals surface area contributed by atoms with E-state index in [4.69, 9.17) is 36.9 Å². The zero-order chi connectivity index (χ0) is 44.1. The standard InChI is InChI=1S/C48H39N11O2S2/c1-26-20-28(3)40(29(4)21-26)53-45-41(30(5)24-39(52-45)57(44-31(6)22-27(2)23-32(44)7)47-50-35-16-9-11-18-37(35)62-47)54-55-46-43(49-8)42(33-14-13-15-34(25-33)59(60)61)56-58(46)48-51-36-17-10-12-19-38(36)63-48/h9-25H,1-7H3,(H,52,53)/b55-54+. The van der Waals surface area contributed by atoms with Crippen molar-refractivity contribution in [2.45, 2.75) is 48.5 Å². The van der Waals surface area contributed by atoms with Gasteiger partial charge in [0.15, 0.2) is 16.8 Å². The number of aromatic nitrogens is 5. The van der Waals surface area contributed by atoms with E-state index in [0.29, 0.717) is 28.0 Å². The molecule has 4 heterocycles. The molecule has 1 N–H and O–H groups in total. The topological polar surface area (TPSA) is 144 Å². The molecule has 0 aliphatic carbocycles. The number of anilines is 5. The van der Waals surface area contributed by atoms with Crippen LogP contribution in [0.3, 0.4) is 0 Å². The van der Waals surface area contributed by atoms with Crippen LogP contribution in [-0.4, -0.2) is 29.7 Å². The van der Waals surface area contributed by atoms with Gasteiger partial charge in [-0.25, -0.2) is 19.8 Å². The highest BCUT2D eigenvalue weighted by Gasteiger charge is 2.27. The van der Waals surface area contributed by atoms with Gasteiger partial charge in [0.05, 0.1) is 37.6 Å². The molecule has 0 radical (unpaired) electrons. The maximum Gasteiger partial charge on any atom is 0.270 e. The van der Waals surface area contributed by atoms with Crippen molar-refractivity contribution in [1.82, 2.24) is 24.7 Å². The number of hydrogen-bond acceptors (Lipinski definition) is 12. The van der Waals surface area contributed by atoms with Crippen LogP contribution in [0.25, 0.3) is 41.7 Å². The number of nitro groups is 1. The van der Waals surface area contributed by atoms with E-state index in [0.717, 1.165) is 75.9 Å². The number of aryl methyl sites for hydroxylation is 7. The van der Waals surface area contributed by atoms with Crippen molar-refractivity contribution in [3.63, 3.8) is 0 Å². The lowest BCUT2D eigenvalue weighted by molar-refractivity contribution is -0.384. The number of fused-ring (bicyclic) bond motifs is 2. The number of thiazole rings is 2. The van der Waals surface area contributed by atoms with Crippen molar-refractivity contribution < 1.29 is 4.92 Å². The number of hydrogen-bond donors (Lipinski definition) is 1. The molecule has 0 unspecified atom stereocenters. The van der Waals surface area contributed by atoms with E-state index < -0.39 is 4.92 Å². The van der Waals surface area contributed by atoms with Gasteiger partial charge in [0.1, 0.15) is 17.2 Å². The normalized spacial score (nSPS) is 11.5. The second-order valence-electron chi connectivity index (χ2n) is 15.5. The Kier molecular flexibility index (Phi) is 10.5. The van der Waals surface area contributed by atoms with Crippen LogP contribution in [0.15, 0.2) is 113 Å².